The first-order chi connectivity index (χ1) is 14.9. The van der Waals surface area contributed by atoms with E-state index < -0.39 is 27.9 Å². The van der Waals surface area contributed by atoms with Gasteiger partial charge in [-0.2, -0.15) is 5.10 Å². The van der Waals surface area contributed by atoms with E-state index in [2.05, 4.69) is 14.8 Å². The van der Waals surface area contributed by atoms with Crippen molar-refractivity contribution in [3.8, 4) is 5.82 Å². The maximum atomic E-state index is 12.7. The zero-order valence-corrected chi connectivity index (χ0v) is 19.4. The molecule has 1 N–H and O–H groups in total. The van der Waals surface area contributed by atoms with Gasteiger partial charge in [-0.25, -0.2) is 22.9 Å². The molecule has 1 aromatic carbocycles. The number of nitrogens with zero attached hydrogens (tertiary/aromatic N) is 3. The van der Waals surface area contributed by atoms with Crippen LogP contribution >= 0.6 is 11.6 Å². The minimum atomic E-state index is -3.43. The highest BCUT2D eigenvalue weighted by Crippen LogP contribution is 2.20. The predicted octanol–water partition coefficient (Wildman–Crippen LogP) is 3.34. The van der Waals surface area contributed by atoms with Crippen molar-refractivity contribution in [2.45, 2.75) is 26.9 Å². The first-order valence-electron chi connectivity index (χ1n) is 9.48. The van der Waals surface area contributed by atoms with Crippen LogP contribution in [0.25, 0.3) is 5.82 Å². The smallest absolute Gasteiger partial charge is 0.359 e. The Labute approximate surface area is 190 Å². The Bertz CT molecular complexity index is 1290. The van der Waals surface area contributed by atoms with Crippen LogP contribution in [0.5, 0.6) is 0 Å². The molecule has 0 amide bonds. The number of Topliss-reactive ketones (excluding diaryl/α,β-unsaturated/α-hetero) is 1. The van der Waals surface area contributed by atoms with Crippen LogP contribution in [0.15, 0.2) is 42.5 Å². The SMILES string of the molecule is Cc1cc(C)n(-c2ccc(Cl)c(C(=O)OC(C)C(=O)c3ccc(NS(C)(=O)=O)cc3)n2)n1. The average Bonchev–Trinajstić information content (AvgIpc) is 3.05. The second-order valence-electron chi connectivity index (χ2n) is 7.20. The van der Waals surface area contributed by atoms with Crippen molar-refractivity contribution in [2.75, 3.05) is 11.0 Å². The molecule has 2 heterocycles. The monoisotopic (exact) mass is 476 g/mol. The number of pyridine rings is 1. The predicted molar refractivity (Wildman–Crippen MR) is 120 cm³/mol. The fourth-order valence-corrected chi connectivity index (χ4v) is 3.72. The molecule has 0 radical (unpaired) electrons. The average molecular weight is 477 g/mol. The van der Waals surface area contributed by atoms with Gasteiger partial charge < -0.3 is 4.74 Å². The maximum absolute atomic E-state index is 12.7. The van der Waals surface area contributed by atoms with Crippen LogP contribution in [0.2, 0.25) is 5.02 Å². The lowest BCUT2D eigenvalue weighted by molar-refractivity contribution is 0.0313. The number of ketones is 1. The molecule has 3 aromatic rings. The van der Waals surface area contributed by atoms with Gasteiger partial charge in [-0.15, -0.1) is 0 Å². The normalized spacial score (nSPS) is 12.3. The largest absolute Gasteiger partial charge is 0.449 e. The molecule has 32 heavy (non-hydrogen) atoms. The Morgan fingerprint density at radius 2 is 1.78 bits per heavy atom. The molecule has 11 heteroatoms. The van der Waals surface area contributed by atoms with Crippen molar-refractivity contribution in [3.05, 3.63) is 70.1 Å². The summed E-state index contributed by atoms with van der Waals surface area (Å²) in [6.07, 6.45) is -0.0947. The third-order valence-corrected chi connectivity index (χ3v) is 5.29. The van der Waals surface area contributed by atoms with Crippen LogP contribution in [0.1, 0.15) is 39.2 Å². The number of ether oxygens (including phenoxy) is 1. The molecule has 0 fully saturated rings. The van der Waals surface area contributed by atoms with E-state index in [9.17, 15) is 18.0 Å². The quantitative estimate of drug-likeness (QED) is 0.410. The lowest BCUT2D eigenvalue weighted by atomic mass is 10.1. The van der Waals surface area contributed by atoms with Gasteiger partial charge in [0.15, 0.2) is 17.6 Å². The summed E-state index contributed by atoms with van der Waals surface area (Å²) in [5.74, 6) is -0.926. The zero-order valence-electron chi connectivity index (χ0n) is 17.8. The number of hydrogen-bond acceptors (Lipinski definition) is 7. The number of aryl methyl sites for hydroxylation is 2. The van der Waals surface area contributed by atoms with E-state index in [4.69, 9.17) is 16.3 Å². The summed E-state index contributed by atoms with van der Waals surface area (Å²) >= 11 is 6.14. The molecule has 3 rings (SSSR count). The van der Waals surface area contributed by atoms with Crippen LogP contribution in [0, 0.1) is 13.8 Å². The van der Waals surface area contributed by atoms with E-state index in [1.165, 1.54) is 37.3 Å². The number of nitrogens with one attached hydrogen (secondary N) is 1. The Morgan fingerprint density at radius 1 is 1.12 bits per heavy atom. The van der Waals surface area contributed by atoms with E-state index in [1.54, 1.807) is 10.7 Å². The molecule has 168 valence electrons. The van der Waals surface area contributed by atoms with Gasteiger partial charge in [-0.1, -0.05) is 11.6 Å². The van der Waals surface area contributed by atoms with Gasteiger partial charge in [-0.3, -0.25) is 9.52 Å². The molecular weight excluding hydrogens is 456 g/mol. The lowest BCUT2D eigenvalue weighted by Gasteiger charge is -2.14. The maximum Gasteiger partial charge on any atom is 0.359 e. The number of carbonyl (C=O) groups excluding carboxylic acids is 2. The topological polar surface area (TPSA) is 120 Å². The molecule has 1 atom stereocenters. The number of halogens is 1. The summed E-state index contributed by atoms with van der Waals surface area (Å²) < 4.78 is 31.7. The number of sulfonamides is 1. The van der Waals surface area contributed by atoms with Crippen LogP contribution in [0.4, 0.5) is 5.69 Å². The van der Waals surface area contributed by atoms with Crippen molar-refractivity contribution in [2.24, 2.45) is 0 Å². The van der Waals surface area contributed by atoms with Crippen molar-refractivity contribution in [3.63, 3.8) is 0 Å². The first-order valence-corrected chi connectivity index (χ1v) is 11.7. The molecule has 2 aromatic heterocycles. The van der Waals surface area contributed by atoms with Gasteiger partial charge in [0.2, 0.25) is 15.8 Å². The Kier molecular flexibility index (Phi) is 6.65. The molecular formula is C21H21ClN4O5S. The van der Waals surface area contributed by atoms with Gasteiger partial charge >= 0.3 is 5.97 Å². The fourth-order valence-electron chi connectivity index (χ4n) is 2.98. The number of rotatable bonds is 7. The van der Waals surface area contributed by atoms with E-state index >= 15 is 0 Å². The van der Waals surface area contributed by atoms with Crippen LogP contribution < -0.4 is 4.72 Å². The fraction of sp³-hybridized carbons (Fsp3) is 0.238. The first kappa shape index (κ1) is 23.4. The molecule has 0 saturated carbocycles. The highest BCUT2D eigenvalue weighted by molar-refractivity contribution is 7.92. The molecule has 0 saturated heterocycles. The molecule has 0 bridgehead atoms. The van der Waals surface area contributed by atoms with E-state index in [-0.39, 0.29) is 16.3 Å². The van der Waals surface area contributed by atoms with E-state index in [1.807, 2.05) is 19.9 Å². The van der Waals surface area contributed by atoms with Crippen molar-refractivity contribution < 1.29 is 22.7 Å². The second kappa shape index (κ2) is 9.09. The zero-order chi connectivity index (χ0) is 23.6. The number of carbonyl (C=O) groups is 2. The second-order valence-corrected chi connectivity index (χ2v) is 9.36. The molecule has 9 nitrogen and oxygen atoms in total. The summed E-state index contributed by atoms with van der Waals surface area (Å²) in [6.45, 7) is 5.12. The summed E-state index contributed by atoms with van der Waals surface area (Å²) in [5, 5.41) is 4.41. The number of benzene rings is 1. The lowest BCUT2D eigenvalue weighted by Crippen LogP contribution is -2.25. The third kappa shape index (κ3) is 5.51. The minimum absolute atomic E-state index is 0.0798. The van der Waals surface area contributed by atoms with Crippen LogP contribution in [0.3, 0.4) is 0 Å². The van der Waals surface area contributed by atoms with Gasteiger partial charge in [0, 0.05) is 16.9 Å². The van der Waals surface area contributed by atoms with Crippen LogP contribution in [-0.2, 0) is 14.8 Å². The van der Waals surface area contributed by atoms with Gasteiger partial charge in [-0.05, 0) is 63.2 Å². The summed E-state index contributed by atoms with van der Waals surface area (Å²) in [4.78, 5) is 29.6. The Morgan fingerprint density at radius 3 is 2.34 bits per heavy atom. The summed E-state index contributed by atoms with van der Waals surface area (Å²) in [7, 11) is -3.43. The number of esters is 1. The highest BCUT2D eigenvalue weighted by Gasteiger charge is 2.23. The summed E-state index contributed by atoms with van der Waals surface area (Å²) in [6, 6.07) is 10.8. The van der Waals surface area contributed by atoms with Crippen molar-refractivity contribution >= 4 is 39.1 Å². The van der Waals surface area contributed by atoms with Crippen LogP contribution in [-0.4, -0.2) is 47.3 Å². The van der Waals surface area contributed by atoms with Gasteiger partial charge in [0.05, 0.1) is 17.0 Å². The Balaban J connectivity index is 1.76. The molecule has 1 unspecified atom stereocenters. The molecule has 0 spiro atoms. The number of hydrogen-bond donors (Lipinski definition) is 1. The summed E-state index contributed by atoms with van der Waals surface area (Å²) in [5.41, 5.74) is 2.05. The number of aromatic nitrogens is 3. The van der Waals surface area contributed by atoms with Gasteiger partial charge in [0.1, 0.15) is 0 Å². The minimum Gasteiger partial charge on any atom is -0.449 e. The standard InChI is InChI=1S/C21H21ClN4O5S/c1-12-11-13(2)26(24-12)18-10-9-17(22)19(23-18)21(28)31-14(3)20(27)15-5-7-16(8-6-15)25-32(4,29)30/h5-11,14,25H,1-4H3. The third-order valence-electron chi connectivity index (χ3n) is 4.38. The van der Waals surface area contributed by atoms with Crippen molar-refractivity contribution in [1.29, 1.82) is 0 Å². The van der Waals surface area contributed by atoms with Gasteiger partial charge in [0.25, 0.3) is 0 Å². The molecule has 0 aliphatic rings. The molecule has 0 aliphatic heterocycles. The van der Waals surface area contributed by atoms with E-state index in [0.717, 1.165) is 17.6 Å². The Hall–Kier alpha value is -3.24. The number of anilines is 1. The van der Waals surface area contributed by atoms with Crippen molar-refractivity contribution in [1.82, 2.24) is 14.8 Å². The highest BCUT2D eigenvalue weighted by atomic mass is 35.5. The van der Waals surface area contributed by atoms with E-state index in [0.29, 0.717) is 11.5 Å². The molecule has 0 aliphatic carbocycles.